The maximum absolute atomic E-state index is 12.3. The normalized spacial score (nSPS) is 22.0. The van der Waals surface area contributed by atoms with E-state index in [4.69, 9.17) is 0 Å². The number of hydrogen-bond donors (Lipinski definition) is 2. The summed E-state index contributed by atoms with van der Waals surface area (Å²) < 4.78 is 1.77. The van der Waals surface area contributed by atoms with Gasteiger partial charge in [-0.2, -0.15) is 5.10 Å². The highest BCUT2D eigenvalue weighted by molar-refractivity contribution is 5.94. The van der Waals surface area contributed by atoms with E-state index in [1.54, 1.807) is 10.9 Å². The Balaban J connectivity index is 1.67. The highest BCUT2D eigenvalue weighted by Gasteiger charge is 2.22. The Hall–Kier alpha value is -2.14. The van der Waals surface area contributed by atoms with Crippen molar-refractivity contribution in [1.29, 1.82) is 0 Å². The molecule has 0 saturated carbocycles. The van der Waals surface area contributed by atoms with Crippen LogP contribution in [0.5, 0.6) is 0 Å². The number of piperidine rings is 1. The zero-order chi connectivity index (χ0) is 14.7. The number of carbonyl (C=O) groups is 1. The number of nitrogens with zero attached hydrogens (tertiary/aromatic N) is 2. The van der Waals surface area contributed by atoms with Gasteiger partial charge in [0.05, 0.1) is 5.69 Å². The smallest absolute Gasteiger partial charge is 0.251 e. The van der Waals surface area contributed by atoms with Crippen LogP contribution in [-0.2, 0) is 0 Å². The van der Waals surface area contributed by atoms with Crippen LogP contribution in [0.4, 0.5) is 0 Å². The third kappa shape index (κ3) is 3.13. The van der Waals surface area contributed by atoms with Gasteiger partial charge < -0.3 is 10.6 Å². The van der Waals surface area contributed by atoms with Crippen LogP contribution in [0.3, 0.4) is 0 Å². The molecule has 1 fully saturated rings. The van der Waals surface area contributed by atoms with E-state index in [9.17, 15) is 4.79 Å². The highest BCUT2D eigenvalue weighted by Crippen LogP contribution is 2.12. The summed E-state index contributed by atoms with van der Waals surface area (Å²) in [5.74, 6) is -0.0115. The standard InChI is InChI=1S/C16H20N4O/c1-12-15(4-2-9-17-12)19-16(21)13-5-7-14(8-6-13)20-11-3-10-18-20/h3,5-8,10-12,15,17H,2,4,9H2,1H3,(H,19,21). The van der Waals surface area contributed by atoms with Crippen LogP contribution in [0.15, 0.2) is 42.7 Å². The molecule has 2 unspecified atom stereocenters. The number of benzene rings is 1. The Morgan fingerprint density at radius 3 is 2.86 bits per heavy atom. The van der Waals surface area contributed by atoms with Crippen molar-refractivity contribution in [2.75, 3.05) is 6.54 Å². The van der Waals surface area contributed by atoms with Gasteiger partial charge in [-0.25, -0.2) is 4.68 Å². The highest BCUT2D eigenvalue weighted by atomic mass is 16.1. The van der Waals surface area contributed by atoms with Gasteiger partial charge in [0.2, 0.25) is 0 Å². The van der Waals surface area contributed by atoms with Gasteiger partial charge in [0.15, 0.2) is 0 Å². The number of nitrogens with one attached hydrogen (secondary N) is 2. The Morgan fingerprint density at radius 1 is 1.38 bits per heavy atom. The van der Waals surface area contributed by atoms with Crippen LogP contribution in [0, 0.1) is 0 Å². The van der Waals surface area contributed by atoms with Crippen molar-refractivity contribution >= 4 is 5.91 Å². The summed E-state index contributed by atoms with van der Waals surface area (Å²) in [5.41, 5.74) is 1.63. The minimum atomic E-state index is -0.0115. The number of rotatable bonds is 3. The minimum Gasteiger partial charge on any atom is -0.348 e. The molecule has 1 aromatic carbocycles. The van der Waals surface area contributed by atoms with E-state index in [-0.39, 0.29) is 11.9 Å². The minimum absolute atomic E-state index is 0.0115. The molecule has 0 radical (unpaired) electrons. The van der Waals surface area contributed by atoms with Gasteiger partial charge in [0.25, 0.3) is 5.91 Å². The lowest BCUT2D eigenvalue weighted by atomic mass is 9.99. The second-order valence-electron chi connectivity index (χ2n) is 5.46. The maximum Gasteiger partial charge on any atom is 0.251 e. The van der Waals surface area contributed by atoms with Crippen molar-refractivity contribution in [2.45, 2.75) is 31.8 Å². The fraction of sp³-hybridized carbons (Fsp3) is 0.375. The molecule has 110 valence electrons. The fourth-order valence-electron chi connectivity index (χ4n) is 2.68. The van der Waals surface area contributed by atoms with Crippen LogP contribution >= 0.6 is 0 Å². The molecule has 0 aliphatic carbocycles. The zero-order valence-electron chi connectivity index (χ0n) is 12.1. The first-order chi connectivity index (χ1) is 10.2. The topological polar surface area (TPSA) is 58.9 Å². The molecular formula is C16H20N4O. The van der Waals surface area contributed by atoms with E-state index in [0.29, 0.717) is 11.6 Å². The molecule has 21 heavy (non-hydrogen) atoms. The first-order valence-electron chi connectivity index (χ1n) is 7.38. The zero-order valence-corrected chi connectivity index (χ0v) is 12.1. The molecule has 1 amide bonds. The molecule has 5 nitrogen and oxygen atoms in total. The summed E-state index contributed by atoms with van der Waals surface area (Å²) in [4.78, 5) is 12.3. The number of amides is 1. The molecular weight excluding hydrogens is 264 g/mol. The van der Waals surface area contributed by atoms with Crippen LogP contribution < -0.4 is 10.6 Å². The Morgan fingerprint density at radius 2 is 2.19 bits per heavy atom. The fourth-order valence-corrected chi connectivity index (χ4v) is 2.68. The van der Waals surface area contributed by atoms with Gasteiger partial charge in [-0.3, -0.25) is 4.79 Å². The van der Waals surface area contributed by atoms with Gasteiger partial charge in [-0.1, -0.05) is 0 Å². The third-order valence-electron chi connectivity index (χ3n) is 3.98. The van der Waals surface area contributed by atoms with Crippen molar-refractivity contribution in [3.63, 3.8) is 0 Å². The third-order valence-corrected chi connectivity index (χ3v) is 3.98. The van der Waals surface area contributed by atoms with Crippen LogP contribution in [0.1, 0.15) is 30.1 Å². The Kier molecular flexibility index (Phi) is 4.01. The van der Waals surface area contributed by atoms with E-state index in [0.717, 1.165) is 25.1 Å². The van der Waals surface area contributed by atoms with E-state index >= 15 is 0 Å². The summed E-state index contributed by atoms with van der Waals surface area (Å²) >= 11 is 0. The Labute approximate surface area is 124 Å². The van der Waals surface area contributed by atoms with Gasteiger partial charge in [0, 0.05) is 30.0 Å². The summed E-state index contributed by atoms with van der Waals surface area (Å²) in [6.45, 7) is 3.15. The first kappa shape index (κ1) is 13.8. The quantitative estimate of drug-likeness (QED) is 0.902. The molecule has 1 aromatic heterocycles. The Bertz CT molecular complexity index is 591. The van der Waals surface area contributed by atoms with Crippen LogP contribution in [0.25, 0.3) is 5.69 Å². The van der Waals surface area contributed by atoms with E-state index in [1.807, 2.05) is 36.5 Å². The van der Waals surface area contributed by atoms with Crippen molar-refractivity contribution in [1.82, 2.24) is 20.4 Å². The van der Waals surface area contributed by atoms with Gasteiger partial charge >= 0.3 is 0 Å². The van der Waals surface area contributed by atoms with Crippen molar-refractivity contribution in [2.24, 2.45) is 0 Å². The van der Waals surface area contributed by atoms with E-state index in [1.165, 1.54) is 0 Å². The SMILES string of the molecule is CC1NCCCC1NC(=O)c1ccc(-n2cccn2)cc1. The number of hydrogen-bond acceptors (Lipinski definition) is 3. The molecule has 1 saturated heterocycles. The second kappa shape index (κ2) is 6.10. The molecule has 1 aliphatic heterocycles. The average molecular weight is 284 g/mol. The summed E-state index contributed by atoms with van der Waals surface area (Å²) in [6.07, 6.45) is 5.75. The first-order valence-corrected chi connectivity index (χ1v) is 7.38. The second-order valence-corrected chi connectivity index (χ2v) is 5.46. The molecule has 0 bridgehead atoms. The maximum atomic E-state index is 12.3. The summed E-state index contributed by atoms with van der Waals surface area (Å²) in [7, 11) is 0. The monoisotopic (exact) mass is 284 g/mol. The van der Waals surface area contributed by atoms with E-state index < -0.39 is 0 Å². The molecule has 5 heteroatoms. The largest absolute Gasteiger partial charge is 0.348 e. The van der Waals surface area contributed by atoms with Gasteiger partial charge in [-0.05, 0) is 56.6 Å². The molecule has 2 heterocycles. The average Bonchev–Trinajstić information content (AvgIpc) is 3.04. The predicted molar refractivity (Wildman–Crippen MR) is 81.5 cm³/mol. The molecule has 0 spiro atoms. The lowest BCUT2D eigenvalue weighted by Crippen LogP contribution is -2.51. The summed E-state index contributed by atoms with van der Waals surface area (Å²) in [5, 5.41) is 10.7. The van der Waals surface area contributed by atoms with Crippen molar-refractivity contribution in [3.05, 3.63) is 48.3 Å². The van der Waals surface area contributed by atoms with Crippen LogP contribution in [-0.4, -0.2) is 34.3 Å². The number of aromatic nitrogens is 2. The molecule has 3 rings (SSSR count). The van der Waals surface area contributed by atoms with Crippen molar-refractivity contribution < 1.29 is 4.79 Å². The molecule has 2 atom stereocenters. The van der Waals surface area contributed by atoms with Crippen molar-refractivity contribution in [3.8, 4) is 5.69 Å². The lowest BCUT2D eigenvalue weighted by molar-refractivity contribution is 0.0920. The lowest BCUT2D eigenvalue weighted by Gasteiger charge is -2.30. The van der Waals surface area contributed by atoms with Gasteiger partial charge in [0.1, 0.15) is 0 Å². The molecule has 2 aromatic rings. The van der Waals surface area contributed by atoms with E-state index in [2.05, 4.69) is 22.7 Å². The van der Waals surface area contributed by atoms with Gasteiger partial charge in [-0.15, -0.1) is 0 Å². The predicted octanol–water partition coefficient (Wildman–Crippen LogP) is 1.74. The molecule has 1 aliphatic rings. The number of carbonyl (C=O) groups excluding carboxylic acids is 1. The van der Waals surface area contributed by atoms with Crippen LogP contribution in [0.2, 0.25) is 0 Å². The molecule has 2 N–H and O–H groups in total. The summed E-state index contributed by atoms with van der Waals surface area (Å²) in [6, 6.07) is 9.90.